The van der Waals surface area contributed by atoms with E-state index in [4.69, 9.17) is 15.5 Å². The van der Waals surface area contributed by atoms with Crippen molar-refractivity contribution in [3.8, 4) is 5.75 Å². The van der Waals surface area contributed by atoms with Crippen molar-refractivity contribution in [1.29, 1.82) is 0 Å². The number of aromatic nitrogens is 1. The standard InChI is InChI=1S/C21H23N3OS.ClH/c22-20-13-24(12-19(20)16-7-3-1-4-8-16)11-17-15-26-21(23-17)14-25-18-9-5-2-6-10-18;/h1-10,15,19-20H,11-14,22H2;1H/t19-,20+;/m0./s1. The second-order valence-electron chi connectivity index (χ2n) is 6.71. The van der Waals surface area contributed by atoms with Gasteiger partial charge >= 0.3 is 0 Å². The molecule has 0 unspecified atom stereocenters. The quantitative estimate of drug-likeness (QED) is 0.676. The Morgan fingerprint density at radius 1 is 1.04 bits per heavy atom. The third-order valence-corrected chi connectivity index (χ3v) is 5.63. The van der Waals surface area contributed by atoms with Crippen molar-refractivity contribution in [3.63, 3.8) is 0 Å². The number of hydrogen-bond donors (Lipinski definition) is 1. The van der Waals surface area contributed by atoms with E-state index in [1.54, 1.807) is 11.3 Å². The molecule has 142 valence electrons. The molecule has 0 aliphatic carbocycles. The van der Waals surface area contributed by atoms with Gasteiger partial charge in [-0.3, -0.25) is 4.90 Å². The molecule has 1 aliphatic rings. The lowest BCUT2D eigenvalue weighted by atomic mass is 9.95. The SMILES string of the molecule is Cl.N[C@@H]1CN(Cc2csc(COc3ccccc3)n2)C[C@H]1c1ccccc1. The summed E-state index contributed by atoms with van der Waals surface area (Å²) in [5.74, 6) is 1.27. The lowest BCUT2D eigenvalue weighted by Crippen LogP contribution is -2.28. The van der Waals surface area contributed by atoms with Gasteiger partial charge in [0.05, 0.1) is 5.69 Å². The van der Waals surface area contributed by atoms with Crippen molar-refractivity contribution in [2.75, 3.05) is 13.1 Å². The van der Waals surface area contributed by atoms with E-state index >= 15 is 0 Å². The summed E-state index contributed by atoms with van der Waals surface area (Å²) < 4.78 is 5.78. The maximum Gasteiger partial charge on any atom is 0.140 e. The molecule has 0 spiro atoms. The van der Waals surface area contributed by atoms with Crippen molar-refractivity contribution in [2.24, 2.45) is 5.73 Å². The van der Waals surface area contributed by atoms with Crippen molar-refractivity contribution in [3.05, 3.63) is 82.3 Å². The molecule has 1 fully saturated rings. The summed E-state index contributed by atoms with van der Waals surface area (Å²) in [5, 5.41) is 3.14. The molecule has 2 heterocycles. The fraction of sp³-hybridized carbons (Fsp3) is 0.286. The molecular weight excluding hydrogens is 378 g/mol. The monoisotopic (exact) mass is 401 g/mol. The van der Waals surface area contributed by atoms with E-state index < -0.39 is 0 Å². The minimum Gasteiger partial charge on any atom is -0.486 e. The second-order valence-corrected chi connectivity index (χ2v) is 7.65. The van der Waals surface area contributed by atoms with Crippen LogP contribution in [0.25, 0.3) is 0 Å². The van der Waals surface area contributed by atoms with Crippen molar-refractivity contribution in [1.82, 2.24) is 9.88 Å². The van der Waals surface area contributed by atoms with Crippen LogP contribution in [0.2, 0.25) is 0 Å². The van der Waals surface area contributed by atoms with E-state index in [-0.39, 0.29) is 18.4 Å². The Labute approximate surface area is 170 Å². The van der Waals surface area contributed by atoms with Gasteiger partial charge in [0.25, 0.3) is 0 Å². The molecule has 2 atom stereocenters. The number of halogens is 1. The zero-order chi connectivity index (χ0) is 17.8. The molecule has 6 heteroatoms. The minimum absolute atomic E-state index is 0. The number of nitrogens with two attached hydrogens (primary N) is 1. The third kappa shape index (κ3) is 5.08. The van der Waals surface area contributed by atoms with Crippen LogP contribution in [0.3, 0.4) is 0 Å². The molecule has 0 radical (unpaired) electrons. The van der Waals surface area contributed by atoms with Crippen molar-refractivity contribution >= 4 is 23.7 Å². The van der Waals surface area contributed by atoms with E-state index in [1.165, 1.54) is 5.56 Å². The zero-order valence-corrected chi connectivity index (χ0v) is 16.7. The van der Waals surface area contributed by atoms with E-state index in [1.807, 2.05) is 30.3 Å². The first-order valence-electron chi connectivity index (χ1n) is 8.92. The van der Waals surface area contributed by atoms with Gasteiger partial charge in [0, 0.05) is 37.0 Å². The molecule has 0 saturated carbocycles. The molecule has 0 bridgehead atoms. The maximum absolute atomic E-state index is 6.39. The number of hydrogen-bond acceptors (Lipinski definition) is 5. The summed E-state index contributed by atoms with van der Waals surface area (Å²) in [7, 11) is 0. The van der Waals surface area contributed by atoms with E-state index in [0.717, 1.165) is 36.1 Å². The maximum atomic E-state index is 6.39. The second kappa shape index (κ2) is 9.33. The molecule has 1 saturated heterocycles. The lowest BCUT2D eigenvalue weighted by Gasteiger charge is -2.15. The van der Waals surface area contributed by atoms with Crippen LogP contribution in [0.4, 0.5) is 0 Å². The van der Waals surface area contributed by atoms with Crippen LogP contribution in [0.15, 0.2) is 66.0 Å². The summed E-state index contributed by atoms with van der Waals surface area (Å²) in [6.45, 7) is 3.26. The van der Waals surface area contributed by atoms with Gasteiger partial charge in [0.2, 0.25) is 0 Å². The van der Waals surface area contributed by atoms with Gasteiger partial charge in [-0.15, -0.1) is 23.7 Å². The average molecular weight is 402 g/mol. The number of para-hydroxylation sites is 1. The Bertz CT molecular complexity index is 828. The first-order chi connectivity index (χ1) is 12.8. The molecule has 27 heavy (non-hydrogen) atoms. The Hall–Kier alpha value is -1.92. The van der Waals surface area contributed by atoms with Gasteiger partial charge in [-0.2, -0.15) is 0 Å². The van der Waals surface area contributed by atoms with E-state index in [2.05, 4.69) is 40.6 Å². The fourth-order valence-corrected chi connectivity index (χ4v) is 4.17. The summed E-state index contributed by atoms with van der Waals surface area (Å²) in [4.78, 5) is 7.12. The number of benzene rings is 2. The van der Waals surface area contributed by atoms with Gasteiger partial charge in [-0.25, -0.2) is 4.98 Å². The van der Waals surface area contributed by atoms with Crippen LogP contribution < -0.4 is 10.5 Å². The summed E-state index contributed by atoms with van der Waals surface area (Å²) >= 11 is 1.66. The van der Waals surface area contributed by atoms with Crippen LogP contribution in [0.5, 0.6) is 5.75 Å². The number of rotatable bonds is 6. The molecular formula is C21H24ClN3OS. The third-order valence-electron chi connectivity index (χ3n) is 4.76. The van der Waals surface area contributed by atoms with Crippen LogP contribution in [-0.2, 0) is 13.2 Å². The highest BCUT2D eigenvalue weighted by Gasteiger charge is 2.31. The Morgan fingerprint density at radius 3 is 2.48 bits per heavy atom. The first kappa shape index (κ1) is 19.8. The highest BCUT2D eigenvalue weighted by Crippen LogP contribution is 2.27. The smallest absolute Gasteiger partial charge is 0.140 e. The molecule has 0 amide bonds. The minimum atomic E-state index is 0. The normalized spacial score (nSPS) is 19.6. The highest BCUT2D eigenvalue weighted by atomic mass is 35.5. The highest BCUT2D eigenvalue weighted by molar-refractivity contribution is 7.09. The Balaban J connectivity index is 0.00000210. The first-order valence-corrected chi connectivity index (χ1v) is 9.80. The summed E-state index contributed by atoms with van der Waals surface area (Å²) in [6.07, 6.45) is 0. The Morgan fingerprint density at radius 2 is 1.74 bits per heavy atom. The van der Waals surface area contributed by atoms with Gasteiger partial charge in [0.15, 0.2) is 0 Å². The molecule has 2 N–H and O–H groups in total. The molecule has 4 rings (SSSR count). The lowest BCUT2D eigenvalue weighted by molar-refractivity contribution is 0.302. The van der Waals surface area contributed by atoms with Gasteiger partial charge in [-0.05, 0) is 17.7 Å². The largest absolute Gasteiger partial charge is 0.486 e. The molecule has 3 aromatic rings. The number of ether oxygens (including phenoxy) is 1. The van der Waals surface area contributed by atoms with Crippen LogP contribution in [-0.4, -0.2) is 29.0 Å². The summed E-state index contributed by atoms with van der Waals surface area (Å²) in [6, 6.07) is 20.6. The van der Waals surface area contributed by atoms with Crippen LogP contribution >= 0.6 is 23.7 Å². The van der Waals surface area contributed by atoms with Crippen LogP contribution in [0, 0.1) is 0 Å². The molecule has 1 aliphatic heterocycles. The topological polar surface area (TPSA) is 51.4 Å². The van der Waals surface area contributed by atoms with Crippen molar-refractivity contribution < 1.29 is 4.74 Å². The van der Waals surface area contributed by atoms with Gasteiger partial charge in [-0.1, -0.05) is 48.5 Å². The van der Waals surface area contributed by atoms with Crippen LogP contribution in [0.1, 0.15) is 22.2 Å². The predicted octanol–water partition coefficient (Wildman–Crippen LogP) is 4.07. The van der Waals surface area contributed by atoms with Gasteiger partial charge < -0.3 is 10.5 Å². The zero-order valence-electron chi connectivity index (χ0n) is 15.0. The fourth-order valence-electron chi connectivity index (χ4n) is 3.47. The van der Waals surface area contributed by atoms with Crippen molar-refractivity contribution in [2.45, 2.75) is 25.1 Å². The molecule has 2 aromatic carbocycles. The van der Waals surface area contributed by atoms with E-state index in [0.29, 0.717) is 12.5 Å². The van der Waals surface area contributed by atoms with E-state index in [9.17, 15) is 0 Å². The summed E-state index contributed by atoms with van der Waals surface area (Å²) in [5.41, 5.74) is 8.82. The predicted molar refractivity (Wildman–Crippen MR) is 113 cm³/mol. The van der Waals surface area contributed by atoms with Gasteiger partial charge in [0.1, 0.15) is 17.4 Å². The average Bonchev–Trinajstić information content (AvgIpc) is 3.28. The number of likely N-dealkylation sites (tertiary alicyclic amines) is 1. The molecule has 4 nitrogen and oxygen atoms in total. The number of nitrogens with zero attached hydrogens (tertiary/aromatic N) is 2. The molecule has 1 aromatic heterocycles. The number of thiazole rings is 1. The Kier molecular flexibility index (Phi) is 6.85.